The predicted octanol–water partition coefficient (Wildman–Crippen LogP) is 1.51. The summed E-state index contributed by atoms with van der Waals surface area (Å²) >= 11 is 0. The molecule has 2 rings (SSSR count). The first-order valence-corrected chi connectivity index (χ1v) is 8.58. The normalized spacial score (nSPS) is 17.1. The highest BCUT2D eigenvalue weighted by Crippen LogP contribution is 2.25. The first kappa shape index (κ1) is 15.3. The molecule has 1 aromatic carbocycles. The molecule has 1 aliphatic heterocycles. The van der Waals surface area contributed by atoms with Crippen molar-refractivity contribution in [3.63, 3.8) is 0 Å². The molecule has 1 fully saturated rings. The molecule has 0 bridgehead atoms. The molecule has 0 radical (unpaired) electrons. The van der Waals surface area contributed by atoms with E-state index in [2.05, 4.69) is 10.0 Å². The molecule has 5 nitrogen and oxygen atoms in total. The third-order valence-corrected chi connectivity index (χ3v) is 4.76. The summed E-state index contributed by atoms with van der Waals surface area (Å²) in [5.74, 6) is 0.447. The SMILES string of the molecule is CCCNS(=O)(=O)c1ccccc1OC1CCNCC1. The Morgan fingerprint density at radius 1 is 1.30 bits per heavy atom. The van der Waals surface area contributed by atoms with Gasteiger partial charge in [-0.05, 0) is 44.5 Å². The minimum Gasteiger partial charge on any atom is -0.489 e. The highest BCUT2D eigenvalue weighted by Gasteiger charge is 2.21. The van der Waals surface area contributed by atoms with Crippen molar-refractivity contribution >= 4 is 10.0 Å². The lowest BCUT2D eigenvalue weighted by Gasteiger charge is -2.24. The van der Waals surface area contributed by atoms with E-state index in [0.29, 0.717) is 12.3 Å². The summed E-state index contributed by atoms with van der Waals surface area (Å²) in [6, 6.07) is 6.84. The van der Waals surface area contributed by atoms with Gasteiger partial charge in [0.1, 0.15) is 16.7 Å². The third kappa shape index (κ3) is 3.94. The summed E-state index contributed by atoms with van der Waals surface area (Å²) < 4.78 is 33.0. The van der Waals surface area contributed by atoms with Gasteiger partial charge in [-0.1, -0.05) is 19.1 Å². The fraction of sp³-hybridized carbons (Fsp3) is 0.571. The van der Waals surface area contributed by atoms with Crippen molar-refractivity contribution in [1.29, 1.82) is 0 Å². The molecule has 0 amide bonds. The number of hydrogen-bond acceptors (Lipinski definition) is 4. The molecule has 1 aromatic rings. The van der Waals surface area contributed by atoms with Gasteiger partial charge in [-0.3, -0.25) is 0 Å². The van der Waals surface area contributed by atoms with Gasteiger partial charge in [0.15, 0.2) is 0 Å². The van der Waals surface area contributed by atoms with Gasteiger partial charge in [0.05, 0.1) is 0 Å². The highest BCUT2D eigenvalue weighted by atomic mass is 32.2. The first-order chi connectivity index (χ1) is 9.63. The van der Waals surface area contributed by atoms with Crippen molar-refractivity contribution in [2.75, 3.05) is 19.6 Å². The highest BCUT2D eigenvalue weighted by molar-refractivity contribution is 7.89. The van der Waals surface area contributed by atoms with Gasteiger partial charge >= 0.3 is 0 Å². The summed E-state index contributed by atoms with van der Waals surface area (Å²) in [5, 5.41) is 3.26. The average molecular weight is 298 g/mol. The van der Waals surface area contributed by atoms with Crippen LogP contribution in [0.2, 0.25) is 0 Å². The van der Waals surface area contributed by atoms with E-state index >= 15 is 0 Å². The predicted molar refractivity (Wildman–Crippen MR) is 78.4 cm³/mol. The van der Waals surface area contributed by atoms with Crippen LogP contribution >= 0.6 is 0 Å². The van der Waals surface area contributed by atoms with Gasteiger partial charge in [-0.15, -0.1) is 0 Å². The molecular formula is C14H22N2O3S. The zero-order valence-electron chi connectivity index (χ0n) is 11.8. The number of benzene rings is 1. The van der Waals surface area contributed by atoms with Gasteiger partial charge in [0.2, 0.25) is 10.0 Å². The van der Waals surface area contributed by atoms with Crippen LogP contribution in [0.4, 0.5) is 0 Å². The largest absolute Gasteiger partial charge is 0.489 e. The molecular weight excluding hydrogens is 276 g/mol. The molecule has 0 spiro atoms. The Balaban J connectivity index is 2.17. The van der Waals surface area contributed by atoms with E-state index in [1.54, 1.807) is 24.3 Å². The molecule has 1 heterocycles. The molecule has 2 N–H and O–H groups in total. The van der Waals surface area contributed by atoms with Crippen LogP contribution in [0.5, 0.6) is 5.75 Å². The van der Waals surface area contributed by atoms with Crippen molar-refractivity contribution in [3.8, 4) is 5.75 Å². The van der Waals surface area contributed by atoms with Crippen LogP contribution in [-0.2, 0) is 10.0 Å². The van der Waals surface area contributed by atoms with Crippen LogP contribution in [0.3, 0.4) is 0 Å². The maximum Gasteiger partial charge on any atom is 0.244 e. The fourth-order valence-electron chi connectivity index (χ4n) is 2.18. The van der Waals surface area contributed by atoms with Crippen molar-refractivity contribution in [1.82, 2.24) is 10.0 Å². The number of para-hydroxylation sites is 1. The molecule has 0 atom stereocenters. The smallest absolute Gasteiger partial charge is 0.244 e. The van der Waals surface area contributed by atoms with Gasteiger partial charge < -0.3 is 10.1 Å². The van der Waals surface area contributed by atoms with Crippen molar-refractivity contribution < 1.29 is 13.2 Å². The van der Waals surface area contributed by atoms with E-state index in [4.69, 9.17) is 4.74 Å². The second kappa shape index (κ2) is 7.06. The summed E-state index contributed by atoms with van der Waals surface area (Å²) in [6.45, 7) is 4.19. The second-order valence-corrected chi connectivity index (χ2v) is 6.65. The monoisotopic (exact) mass is 298 g/mol. The van der Waals surface area contributed by atoms with E-state index in [0.717, 1.165) is 32.4 Å². The standard InChI is InChI=1S/C14H22N2O3S/c1-2-9-16-20(17,18)14-6-4-3-5-13(14)19-12-7-10-15-11-8-12/h3-6,12,15-16H,2,7-11H2,1H3. The zero-order chi connectivity index (χ0) is 14.4. The Bertz CT molecular complexity index is 525. The van der Waals surface area contributed by atoms with Crippen molar-refractivity contribution in [3.05, 3.63) is 24.3 Å². The molecule has 0 unspecified atom stereocenters. The summed E-state index contributed by atoms with van der Waals surface area (Å²) in [6.07, 6.45) is 2.64. The van der Waals surface area contributed by atoms with Crippen LogP contribution in [0.25, 0.3) is 0 Å². The second-order valence-electron chi connectivity index (χ2n) is 4.91. The molecule has 20 heavy (non-hydrogen) atoms. The molecule has 112 valence electrons. The maximum absolute atomic E-state index is 12.3. The van der Waals surface area contributed by atoms with Crippen molar-refractivity contribution in [2.24, 2.45) is 0 Å². The lowest BCUT2D eigenvalue weighted by Crippen LogP contribution is -2.34. The van der Waals surface area contributed by atoms with E-state index in [1.165, 1.54) is 0 Å². The van der Waals surface area contributed by atoms with E-state index < -0.39 is 10.0 Å². The lowest BCUT2D eigenvalue weighted by atomic mass is 10.1. The minimum absolute atomic E-state index is 0.0822. The van der Waals surface area contributed by atoms with Crippen LogP contribution in [0.1, 0.15) is 26.2 Å². The Kier molecular flexibility index (Phi) is 5.39. The molecule has 0 saturated carbocycles. The molecule has 6 heteroatoms. The van der Waals surface area contributed by atoms with E-state index in [-0.39, 0.29) is 11.0 Å². The fourth-order valence-corrected chi connectivity index (χ4v) is 3.44. The first-order valence-electron chi connectivity index (χ1n) is 7.09. The average Bonchev–Trinajstić information content (AvgIpc) is 2.47. The van der Waals surface area contributed by atoms with E-state index in [1.807, 2.05) is 6.92 Å². The van der Waals surface area contributed by atoms with Crippen LogP contribution in [-0.4, -0.2) is 34.2 Å². The van der Waals surface area contributed by atoms with Crippen LogP contribution in [0, 0.1) is 0 Å². The summed E-state index contributed by atoms with van der Waals surface area (Å²) in [4.78, 5) is 0.229. The Hall–Kier alpha value is -1.11. The van der Waals surface area contributed by atoms with Gasteiger partial charge in [0, 0.05) is 6.54 Å². The van der Waals surface area contributed by atoms with Gasteiger partial charge in [-0.25, -0.2) is 13.1 Å². The lowest BCUT2D eigenvalue weighted by molar-refractivity contribution is 0.158. The van der Waals surface area contributed by atoms with Gasteiger partial charge in [-0.2, -0.15) is 0 Å². The third-order valence-electron chi connectivity index (χ3n) is 3.26. The van der Waals surface area contributed by atoms with E-state index in [9.17, 15) is 8.42 Å². The Labute approximate surface area is 120 Å². The molecule has 0 aromatic heterocycles. The van der Waals surface area contributed by atoms with Crippen LogP contribution in [0.15, 0.2) is 29.2 Å². The molecule has 0 aliphatic carbocycles. The number of ether oxygens (including phenoxy) is 1. The minimum atomic E-state index is -3.49. The Morgan fingerprint density at radius 2 is 2.00 bits per heavy atom. The topological polar surface area (TPSA) is 67.4 Å². The van der Waals surface area contributed by atoms with Gasteiger partial charge in [0.25, 0.3) is 0 Å². The maximum atomic E-state index is 12.3. The van der Waals surface area contributed by atoms with Crippen molar-refractivity contribution in [2.45, 2.75) is 37.2 Å². The summed E-state index contributed by atoms with van der Waals surface area (Å²) in [5.41, 5.74) is 0. The van der Waals surface area contributed by atoms with Crippen LogP contribution < -0.4 is 14.8 Å². The number of hydrogen-bond donors (Lipinski definition) is 2. The number of rotatable bonds is 6. The Morgan fingerprint density at radius 3 is 2.70 bits per heavy atom. The molecule has 1 aliphatic rings. The quantitative estimate of drug-likeness (QED) is 0.835. The number of piperidine rings is 1. The summed E-state index contributed by atoms with van der Waals surface area (Å²) in [7, 11) is -3.49. The zero-order valence-corrected chi connectivity index (χ0v) is 12.6. The number of sulfonamides is 1. The number of nitrogens with one attached hydrogen (secondary N) is 2. The molecule has 1 saturated heterocycles.